The maximum atomic E-state index is 6.45. The van der Waals surface area contributed by atoms with Crippen molar-refractivity contribution in [2.75, 3.05) is 0 Å². The number of rotatable bonds is 3. The summed E-state index contributed by atoms with van der Waals surface area (Å²) in [6, 6.07) is 20.5. The molecule has 1 unspecified atom stereocenters. The Kier molecular flexibility index (Phi) is 3.96. The summed E-state index contributed by atoms with van der Waals surface area (Å²) in [7, 11) is 0. The van der Waals surface area contributed by atoms with E-state index in [2.05, 4.69) is 43.3 Å². The molecule has 3 aromatic carbocycles. The van der Waals surface area contributed by atoms with Crippen molar-refractivity contribution in [3.63, 3.8) is 0 Å². The highest BCUT2D eigenvalue weighted by Crippen LogP contribution is 2.29. The number of hydrogen-bond donors (Lipinski definition) is 1. The van der Waals surface area contributed by atoms with Gasteiger partial charge in [-0.05, 0) is 46.9 Å². The van der Waals surface area contributed by atoms with Crippen molar-refractivity contribution in [3.8, 4) is 0 Å². The second-order valence-corrected chi connectivity index (χ2v) is 5.83. The van der Waals surface area contributed by atoms with E-state index in [0.717, 1.165) is 17.0 Å². The van der Waals surface area contributed by atoms with E-state index < -0.39 is 0 Å². The molecule has 0 fully saturated rings. The minimum atomic E-state index is -0.0598. The molecule has 0 bridgehead atoms. The van der Waals surface area contributed by atoms with Crippen LogP contribution < -0.4 is 5.73 Å². The SMILES string of the molecule is Cc1ccc(C(N)Cc2ccccc2Cl)c2ccccc12. The number of benzene rings is 3. The van der Waals surface area contributed by atoms with Gasteiger partial charge in [0.2, 0.25) is 0 Å². The number of aryl methyl sites for hydroxylation is 1. The first kappa shape index (κ1) is 14.1. The van der Waals surface area contributed by atoms with Gasteiger partial charge in [0.15, 0.2) is 0 Å². The van der Waals surface area contributed by atoms with Crippen molar-refractivity contribution in [1.29, 1.82) is 0 Å². The van der Waals surface area contributed by atoms with E-state index in [4.69, 9.17) is 17.3 Å². The Hall–Kier alpha value is -1.83. The molecule has 1 nitrogen and oxygen atoms in total. The monoisotopic (exact) mass is 295 g/mol. The fourth-order valence-electron chi connectivity index (χ4n) is 2.81. The minimum absolute atomic E-state index is 0.0598. The zero-order valence-electron chi connectivity index (χ0n) is 12.0. The molecule has 0 aliphatic heterocycles. The van der Waals surface area contributed by atoms with Crippen LogP contribution >= 0.6 is 11.6 Å². The molecule has 21 heavy (non-hydrogen) atoms. The molecule has 0 spiro atoms. The molecule has 0 saturated heterocycles. The van der Waals surface area contributed by atoms with Crippen LogP contribution in [-0.2, 0) is 6.42 Å². The van der Waals surface area contributed by atoms with Gasteiger partial charge in [0.1, 0.15) is 0 Å². The van der Waals surface area contributed by atoms with E-state index in [1.807, 2.05) is 24.3 Å². The molecule has 0 radical (unpaired) electrons. The quantitative estimate of drug-likeness (QED) is 0.719. The molecule has 0 aromatic heterocycles. The number of fused-ring (bicyclic) bond motifs is 1. The molecule has 2 N–H and O–H groups in total. The Morgan fingerprint density at radius 3 is 2.33 bits per heavy atom. The zero-order valence-corrected chi connectivity index (χ0v) is 12.8. The summed E-state index contributed by atoms with van der Waals surface area (Å²) < 4.78 is 0. The third kappa shape index (κ3) is 2.80. The van der Waals surface area contributed by atoms with Gasteiger partial charge in [0.25, 0.3) is 0 Å². The fraction of sp³-hybridized carbons (Fsp3) is 0.158. The molecule has 3 aromatic rings. The van der Waals surface area contributed by atoms with Crippen molar-refractivity contribution in [1.82, 2.24) is 0 Å². The normalized spacial score (nSPS) is 12.5. The lowest BCUT2D eigenvalue weighted by atomic mass is 9.93. The van der Waals surface area contributed by atoms with Gasteiger partial charge in [-0.25, -0.2) is 0 Å². The zero-order chi connectivity index (χ0) is 14.8. The first-order valence-corrected chi connectivity index (χ1v) is 7.52. The van der Waals surface area contributed by atoms with Crippen LogP contribution in [0.5, 0.6) is 0 Å². The molecule has 0 heterocycles. The van der Waals surface area contributed by atoms with Crippen LogP contribution in [-0.4, -0.2) is 0 Å². The van der Waals surface area contributed by atoms with Gasteiger partial charge in [-0.3, -0.25) is 0 Å². The second-order valence-electron chi connectivity index (χ2n) is 5.42. The smallest absolute Gasteiger partial charge is 0.0438 e. The molecule has 0 amide bonds. The van der Waals surface area contributed by atoms with Gasteiger partial charge >= 0.3 is 0 Å². The van der Waals surface area contributed by atoms with Crippen molar-refractivity contribution >= 4 is 22.4 Å². The van der Waals surface area contributed by atoms with E-state index in [1.165, 1.54) is 21.9 Å². The van der Waals surface area contributed by atoms with Gasteiger partial charge in [-0.2, -0.15) is 0 Å². The minimum Gasteiger partial charge on any atom is -0.324 e. The maximum Gasteiger partial charge on any atom is 0.0438 e. The lowest BCUT2D eigenvalue weighted by molar-refractivity contribution is 0.728. The summed E-state index contributed by atoms with van der Waals surface area (Å²) in [5, 5.41) is 3.28. The van der Waals surface area contributed by atoms with Gasteiger partial charge in [0.05, 0.1) is 0 Å². The molecule has 0 aliphatic rings. The van der Waals surface area contributed by atoms with Gasteiger partial charge < -0.3 is 5.73 Å². The highest BCUT2D eigenvalue weighted by atomic mass is 35.5. The first-order chi connectivity index (χ1) is 10.2. The predicted octanol–water partition coefficient (Wildman–Crippen LogP) is 5.04. The van der Waals surface area contributed by atoms with Crippen molar-refractivity contribution in [3.05, 3.63) is 82.4 Å². The summed E-state index contributed by atoms with van der Waals surface area (Å²) in [4.78, 5) is 0. The highest BCUT2D eigenvalue weighted by molar-refractivity contribution is 6.31. The van der Waals surface area contributed by atoms with Crippen molar-refractivity contribution < 1.29 is 0 Å². The molecule has 0 saturated carbocycles. The molecule has 106 valence electrons. The fourth-order valence-corrected chi connectivity index (χ4v) is 3.02. The molecule has 1 atom stereocenters. The van der Waals surface area contributed by atoms with E-state index >= 15 is 0 Å². The van der Waals surface area contributed by atoms with Crippen LogP contribution in [0.1, 0.15) is 22.7 Å². The molecule has 2 heteroatoms. The third-order valence-electron chi connectivity index (χ3n) is 3.97. The summed E-state index contributed by atoms with van der Waals surface area (Å²) >= 11 is 6.24. The number of hydrogen-bond acceptors (Lipinski definition) is 1. The molecule has 3 rings (SSSR count). The molecular weight excluding hydrogens is 278 g/mol. The average Bonchev–Trinajstić information content (AvgIpc) is 2.50. The first-order valence-electron chi connectivity index (χ1n) is 7.14. The summed E-state index contributed by atoms with van der Waals surface area (Å²) in [5.74, 6) is 0. The van der Waals surface area contributed by atoms with Crippen LogP contribution in [0.3, 0.4) is 0 Å². The second kappa shape index (κ2) is 5.88. The Balaban J connectivity index is 2.01. The van der Waals surface area contributed by atoms with E-state index in [9.17, 15) is 0 Å². The Morgan fingerprint density at radius 1 is 0.905 bits per heavy atom. The van der Waals surface area contributed by atoms with Gasteiger partial charge in [0, 0.05) is 11.1 Å². The lowest BCUT2D eigenvalue weighted by Gasteiger charge is -2.16. The Morgan fingerprint density at radius 2 is 1.57 bits per heavy atom. The van der Waals surface area contributed by atoms with Crippen LogP contribution in [0.25, 0.3) is 10.8 Å². The summed E-state index contributed by atoms with van der Waals surface area (Å²) in [6.45, 7) is 2.13. The van der Waals surface area contributed by atoms with Crippen LogP contribution in [0.4, 0.5) is 0 Å². The van der Waals surface area contributed by atoms with Crippen LogP contribution in [0, 0.1) is 6.92 Å². The van der Waals surface area contributed by atoms with Crippen LogP contribution in [0.2, 0.25) is 5.02 Å². The average molecular weight is 296 g/mol. The van der Waals surface area contributed by atoms with Crippen molar-refractivity contribution in [2.45, 2.75) is 19.4 Å². The van der Waals surface area contributed by atoms with Crippen LogP contribution in [0.15, 0.2) is 60.7 Å². The van der Waals surface area contributed by atoms with E-state index in [1.54, 1.807) is 0 Å². The topological polar surface area (TPSA) is 26.0 Å². The predicted molar refractivity (Wildman–Crippen MR) is 90.8 cm³/mol. The third-order valence-corrected chi connectivity index (χ3v) is 4.34. The van der Waals surface area contributed by atoms with Gasteiger partial charge in [-0.1, -0.05) is 66.2 Å². The summed E-state index contributed by atoms with van der Waals surface area (Å²) in [6.07, 6.45) is 0.743. The van der Waals surface area contributed by atoms with E-state index in [-0.39, 0.29) is 6.04 Å². The molecular formula is C19H18ClN. The van der Waals surface area contributed by atoms with Gasteiger partial charge in [-0.15, -0.1) is 0 Å². The Bertz CT molecular complexity index is 779. The van der Waals surface area contributed by atoms with E-state index in [0.29, 0.717) is 0 Å². The van der Waals surface area contributed by atoms with Crippen molar-refractivity contribution in [2.24, 2.45) is 5.73 Å². The standard InChI is InChI=1S/C19H18ClN/c1-13-10-11-17(16-8-4-3-7-15(13)16)19(21)12-14-6-2-5-9-18(14)20/h2-11,19H,12,21H2,1H3. The Labute approximate surface area is 130 Å². The number of nitrogens with two attached hydrogens (primary N) is 1. The lowest BCUT2D eigenvalue weighted by Crippen LogP contribution is -2.14. The highest BCUT2D eigenvalue weighted by Gasteiger charge is 2.13. The summed E-state index contributed by atoms with van der Waals surface area (Å²) in [5.41, 5.74) is 10.0. The largest absolute Gasteiger partial charge is 0.324 e. The maximum absolute atomic E-state index is 6.45. The molecule has 0 aliphatic carbocycles. The number of halogens is 1.